The molecular formula is C24H38O6. The van der Waals surface area contributed by atoms with E-state index >= 15 is 0 Å². The van der Waals surface area contributed by atoms with Crippen LogP contribution in [0.3, 0.4) is 0 Å². The monoisotopic (exact) mass is 422 g/mol. The molecule has 6 heteroatoms. The Labute approximate surface area is 181 Å². The van der Waals surface area contributed by atoms with Crippen LogP contribution in [0.25, 0.3) is 0 Å². The van der Waals surface area contributed by atoms with Gasteiger partial charge >= 0.3 is 0 Å². The molecule has 0 aromatic carbocycles. The third-order valence-electron chi connectivity index (χ3n) is 4.79. The second-order valence-electron chi connectivity index (χ2n) is 7.33. The second-order valence-corrected chi connectivity index (χ2v) is 7.33. The molecule has 0 atom stereocenters. The number of rotatable bonds is 22. The highest BCUT2D eigenvalue weighted by Crippen LogP contribution is 2.24. The van der Waals surface area contributed by atoms with E-state index in [1.165, 1.54) is 18.2 Å². The van der Waals surface area contributed by atoms with Crippen LogP contribution < -0.4 is 0 Å². The van der Waals surface area contributed by atoms with Crippen LogP contribution >= 0.6 is 0 Å². The lowest BCUT2D eigenvalue weighted by atomic mass is 9.88. The van der Waals surface area contributed by atoms with E-state index in [1.54, 1.807) is 0 Å². The molecule has 0 saturated carbocycles. The van der Waals surface area contributed by atoms with Gasteiger partial charge in [0.05, 0.1) is 19.8 Å². The standard InChI is InChI=1S/C24H38O6/c1-5-21(25)12-9-15-28-18-24(8-4,19-29-16-10-13-22(26)6-2)20-30-17-11-14-23(27)7-3/h5-7H,1-3,8-20H2,4H3. The summed E-state index contributed by atoms with van der Waals surface area (Å²) in [7, 11) is 0. The Kier molecular flexibility index (Phi) is 16.8. The summed E-state index contributed by atoms with van der Waals surface area (Å²) in [4.78, 5) is 33.9. The number of carbonyl (C=O) groups is 3. The predicted molar refractivity (Wildman–Crippen MR) is 118 cm³/mol. The minimum atomic E-state index is -0.326. The number of hydrogen-bond donors (Lipinski definition) is 0. The van der Waals surface area contributed by atoms with Crippen molar-refractivity contribution < 1.29 is 28.6 Å². The van der Waals surface area contributed by atoms with Gasteiger partial charge in [-0.2, -0.15) is 0 Å². The summed E-state index contributed by atoms with van der Waals surface area (Å²) in [6.45, 7) is 15.2. The molecule has 0 aromatic heterocycles. The molecule has 0 spiro atoms. The fraction of sp³-hybridized carbons (Fsp3) is 0.625. The highest BCUT2D eigenvalue weighted by atomic mass is 16.5. The Hall–Kier alpha value is -1.89. The molecule has 0 N–H and O–H groups in total. The van der Waals surface area contributed by atoms with E-state index in [-0.39, 0.29) is 22.8 Å². The van der Waals surface area contributed by atoms with E-state index in [0.29, 0.717) is 78.2 Å². The van der Waals surface area contributed by atoms with Gasteiger partial charge in [0.1, 0.15) is 0 Å². The molecule has 0 bridgehead atoms. The lowest BCUT2D eigenvalue weighted by Gasteiger charge is -2.32. The average Bonchev–Trinajstić information content (AvgIpc) is 2.76. The molecule has 0 heterocycles. The van der Waals surface area contributed by atoms with Gasteiger partial charge in [-0.25, -0.2) is 0 Å². The first kappa shape index (κ1) is 28.1. The van der Waals surface area contributed by atoms with Gasteiger partial charge in [-0.3, -0.25) is 14.4 Å². The van der Waals surface area contributed by atoms with Crippen molar-refractivity contribution in [3.63, 3.8) is 0 Å². The normalized spacial score (nSPS) is 11.1. The maximum absolute atomic E-state index is 11.3. The Morgan fingerprint density at radius 1 is 0.667 bits per heavy atom. The zero-order chi connectivity index (χ0) is 22.7. The van der Waals surface area contributed by atoms with Gasteiger partial charge in [0.15, 0.2) is 17.3 Å². The van der Waals surface area contributed by atoms with Gasteiger partial charge < -0.3 is 14.2 Å². The van der Waals surface area contributed by atoms with Crippen LogP contribution in [0.1, 0.15) is 51.9 Å². The molecule has 0 amide bonds. The van der Waals surface area contributed by atoms with Crippen molar-refractivity contribution in [3.05, 3.63) is 38.0 Å². The van der Waals surface area contributed by atoms with Crippen LogP contribution in [-0.2, 0) is 28.6 Å². The van der Waals surface area contributed by atoms with Crippen LogP contribution in [0.5, 0.6) is 0 Å². The van der Waals surface area contributed by atoms with Crippen LogP contribution in [-0.4, -0.2) is 57.0 Å². The summed E-state index contributed by atoms with van der Waals surface area (Å²) in [5.41, 5.74) is -0.326. The molecule has 0 saturated heterocycles. The summed E-state index contributed by atoms with van der Waals surface area (Å²) >= 11 is 0. The van der Waals surface area contributed by atoms with Gasteiger partial charge in [0, 0.05) is 44.5 Å². The van der Waals surface area contributed by atoms with Crippen molar-refractivity contribution in [2.24, 2.45) is 5.41 Å². The number of hydrogen-bond acceptors (Lipinski definition) is 6. The molecule has 0 rings (SSSR count). The lowest BCUT2D eigenvalue weighted by Crippen LogP contribution is -2.37. The number of allylic oxidation sites excluding steroid dienone is 3. The van der Waals surface area contributed by atoms with Crippen LogP contribution in [0.15, 0.2) is 38.0 Å². The van der Waals surface area contributed by atoms with Gasteiger partial charge in [-0.15, -0.1) is 0 Å². The SMILES string of the molecule is C=CC(=O)CCCOCC(CC)(COCCCC(=O)C=C)COCCCC(=O)C=C. The van der Waals surface area contributed by atoms with Crippen molar-refractivity contribution in [2.75, 3.05) is 39.6 Å². The Bertz CT molecular complexity index is 478. The number of ether oxygens (including phenoxy) is 3. The van der Waals surface area contributed by atoms with Gasteiger partial charge in [-0.05, 0) is 43.9 Å². The van der Waals surface area contributed by atoms with Crippen molar-refractivity contribution in [2.45, 2.75) is 51.9 Å². The largest absolute Gasteiger partial charge is 0.381 e. The van der Waals surface area contributed by atoms with E-state index in [9.17, 15) is 14.4 Å². The van der Waals surface area contributed by atoms with Crippen molar-refractivity contribution >= 4 is 17.3 Å². The molecule has 0 unspecified atom stereocenters. The van der Waals surface area contributed by atoms with Crippen molar-refractivity contribution in [1.29, 1.82) is 0 Å². The highest BCUT2D eigenvalue weighted by molar-refractivity contribution is 5.89. The zero-order valence-electron chi connectivity index (χ0n) is 18.5. The Balaban J connectivity index is 4.52. The van der Waals surface area contributed by atoms with Gasteiger partial charge in [-0.1, -0.05) is 26.7 Å². The van der Waals surface area contributed by atoms with E-state index in [0.717, 1.165) is 6.42 Å². The van der Waals surface area contributed by atoms with Gasteiger partial charge in [0.25, 0.3) is 0 Å². The second kappa shape index (κ2) is 17.9. The number of ketones is 3. The predicted octanol–water partition coefficient (Wildman–Crippen LogP) is 4.04. The molecular weight excluding hydrogens is 384 g/mol. The van der Waals surface area contributed by atoms with Crippen molar-refractivity contribution in [3.8, 4) is 0 Å². The van der Waals surface area contributed by atoms with E-state index in [2.05, 4.69) is 26.7 Å². The molecule has 0 aliphatic heterocycles. The van der Waals surface area contributed by atoms with Crippen LogP contribution in [0.4, 0.5) is 0 Å². The summed E-state index contributed by atoms with van der Waals surface area (Å²) in [6.07, 6.45) is 7.94. The average molecular weight is 423 g/mol. The summed E-state index contributed by atoms with van der Waals surface area (Å²) in [6, 6.07) is 0. The first-order chi connectivity index (χ1) is 14.4. The van der Waals surface area contributed by atoms with E-state index in [4.69, 9.17) is 14.2 Å². The zero-order valence-corrected chi connectivity index (χ0v) is 18.5. The molecule has 0 aromatic rings. The fourth-order valence-corrected chi connectivity index (χ4v) is 2.65. The first-order valence-electron chi connectivity index (χ1n) is 10.6. The molecule has 0 aliphatic rings. The smallest absolute Gasteiger partial charge is 0.155 e. The quantitative estimate of drug-likeness (QED) is 0.194. The van der Waals surface area contributed by atoms with E-state index in [1.807, 2.05) is 0 Å². The first-order valence-corrected chi connectivity index (χ1v) is 10.6. The maximum Gasteiger partial charge on any atom is 0.155 e. The Morgan fingerprint density at radius 2 is 0.967 bits per heavy atom. The topological polar surface area (TPSA) is 78.9 Å². The Morgan fingerprint density at radius 3 is 1.20 bits per heavy atom. The van der Waals surface area contributed by atoms with Crippen LogP contribution in [0.2, 0.25) is 0 Å². The molecule has 170 valence electrons. The molecule has 0 aliphatic carbocycles. The molecule has 0 fully saturated rings. The van der Waals surface area contributed by atoms with Crippen molar-refractivity contribution in [1.82, 2.24) is 0 Å². The molecule has 6 nitrogen and oxygen atoms in total. The van der Waals surface area contributed by atoms with Crippen LogP contribution in [0, 0.1) is 5.41 Å². The fourth-order valence-electron chi connectivity index (χ4n) is 2.65. The minimum Gasteiger partial charge on any atom is -0.381 e. The summed E-state index contributed by atoms with van der Waals surface area (Å²) < 4.78 is 17.5. The number of carbonyl (C=O) groups excluding carboxylic acids is 3. The summed E-state index contributed by atoms with van der Waals surface area (Å²) in [5, 5.41) is 0. The van der Waals surface area contributed by atoms with E-state index < -0.39 is 0 Å². The lowest BCUT2D eigenvalue weighted by molar-refractivity contribution is -0.115. The highest BCUT2D eigenvalue weighted by Gasteiger charge is 2.29. The molecule has 0 radical (unpaired) electrons. The third kappa shape index (κ3) is 14.1. The minimum absolute atomic E-state index is 0.00941. The molecule has 30 heavy (non-hydrogen) atoms. The third-order valence-corrected chi connectivity index (χ3v) is 4.79. The maximum atomic E-state index is 11.3. The summed E-state index contributed by atoms with van der Waals surface area (Å²) in [5.74, 6) is 0.0282. The van der Waals surface area contributed by atoms with Gasteiger partial charge in [0.2, 0.25) is 0 Å².